The highest BCUT2D eigenvalue weighted by Gasteiger charge is 2.16. The minimum Gasteiger partial charge on any atom is -0.247 e. The van der Waals surface area contributed by atoms with Crippen LogP contribution in [0, 0.1) is 0 Å². The van der Waals surface area contributed by atoms with Crippen molar-refractivity contribution in [3.05, 3.63) is 152 Å². The van der Waals surface area contributed by atoms with Crippen molar-refractivity contribution in [2.45, 2.75) is 0 Å². The van der Waals surface area contributed by atoms with Gasteiger partial charge in [-0.15, -0.1) is 11.3 Å². The fourth-order valence-corrected chi connectivity index (χ4v) is 7.41. The number of nitrogens with zero attached hydrogens (tertiary/aromatic N) is 3. The van der Waals surface area contributed by atoms with Crippen LogP contribution in [-0.4, -0.2) is 15.0 Å². The lowest BCUT2D eigenvalue weighted by molar-refractivity contribution is 1.18. The fourth-order valence-electron chi connectivity index (χ4n) is 6.29. The van der Waals surface area contributed by atoms with Gasteiger partial charge in [0.2, 0.25) is 0 Å². The molecule has 45 heavy (non-hydrogen) atoms. The maximum atomic E-state index is 5.26. The van der Waals surface area contributed by atoms with Gasteiger partial charge in [-0.25, -0.2) is 15.0 Å². The molecule has 0 radical (unpaired) electrons. The molecule has 3 heterocycles. The van der Waals surface area contributed by atoms with Gasteiger partial charge in [0, 0.05) is 53.2 Å². The molecule has 210 valence electrons. The van der Waals surface area contributed by atoms with Crippen molar-refractivity contribution in [2.75, 3.05) is 0 Å². The molecule has 0 atom stereocenters. The number of para-hydroxylation sites is 1. The highest BCUT2D eigenvalue weighted by Crippen LogP contribution is 2.41. The highest BCUT2D eigenvalue weighted by atomic mass is 32.1. The van der Waals surface area contributed by atoms with Gasteiger partial charge >= 0.3 is 0 Å². The van der Waals surface area contributed by atoms with Gasteiger partial charge in [0.1, 0.15) is 0 Å². The predicted octanol–water partition coefficient (Wildman–Crippen LogP) is 11.2. The Morgan fingerprint density at radius 3 is 1.73 bits per heavy atom. The standard InChI is InChI=1S/C41H25N3S/c1-3-12-26(13-4-1)36-25-37(27-14-5-2-6-15-27)44-41(43-36)29-17-11-16-28(22-29)40-34-24-39-33(31-19-8-10-21-38(31)45-39)23-32(34)30-18-7-9-20-35(30)42-40/h1-25H. The minimum absolute atomic E-state index is 0.689. The lowest BCUT2D eigenvalue weighted by Crippen LogP contribution is -1.96. The molecular formula is C41H25N3S. The molecule has 3 aromatic heterocycles. The summed E-state index contributed by atoms with van der Waals surface area (Å²) in [5.41, 5.74) is 7.85. The first-order chi connectivity index (χ1) is 22.3. The van der Waals surface area contributed by atoms with E-state index in [1.54, 1.807) is 0 Å². The monoisotopic (exact) mass is 591 g/mol. The molecule has 0 saturated carbocycles. The zero-order valence-electron chi connectivity index (χ0n) is 24.2. The van der Waals surface area contributed by atoms with Crippen molar-refractivity contribution in [2.24, 2.45) is 0 Å². The van der Waals surface area contributed by atoms with Crippen LogP contribution in [0.4, 0.5) is 0 Å². The zero-order chi connectivity index (χ0) is 29.7. The fraction of sp³-hybridized carbons (Fsp3) is 0. The van der Waals surface area contributed by atoms with Gasteiger partial charge in [-0.1, -0.05) is 115 Å². The second-order valence-corrected chi connectivity index (χ2v) is 12.3. The number of fused-ring (bicyclic) bond motifs is 6. The summed E-state index contributed by atoms with van der Waals surface area (Å²) in [6.45, 7) is 0. The van der Waals surface area contributed by atoms with E-state index in [0.717, 1.165) is 55.6 Å². The molecule has 9 rings (SSSR count). The number of thiophene rings is 1. The lowest BCUT2D eigenvalue weighted by Gasteiger charge is -2.13. The maximum absolute atomic E-state index is 5.26. The largest absolute Gasteiger partial charge is 0.247 e. The first kappa shape index (κ1) is 25.8. The molecule has 0 spiro atoms. The molecule has 3 nitrogen and oxygen atoms in total. The number of hydrogen-bond acceptors (Lipinski definition) is 4. The van der Waals surface area contributed by atoms with E-state index in [-0.39, 0.29) is 0 Å². The third kappa shape index (κ3) is 4.46. The van der Waals surface area contributed by atoms with E-state index < -0.39 is 0 Å². The number of benzene rings is 6. The zero-order valence-corrected chi connectivity index (χ0v) is 25.0. The number of rotatable bonds is 4. The minimum atomic E-state index is 0.689. The van der Waals surface area contributed by atoms with Gasteiger partial charge in [0.15, 0.2) is 5.82 Å². The Kier molecular flexibility index (Phi) is 6.00. The molecule has 0 fully saturated rings. The summed E-state index contributed by atoms with van der Waals surface area (Å²) < 4.78 is 2.57. The topological polar surface area (TPSA) is 38.7 Å². The van der Waals surface area contributed by atoms with Crippen molar-refractivity contribution < 1.29 is 0 Å². The van der Waals surface area contributed by atoms with Gasteiger partial charge < -0.3 is 0 Å². The van der Waals surface area contributed by atoms with Crippen LogP contribution < -0.4 is 0 Å². The van der Waals surface area contributed by atoms with Gasteiger partial charge in [-0.2, -0.15) is 0 Å². The Hall–Kier alpha value is -5.71. The van der Waals surface area contributed by atoms with Crippen molar-refractivity contribution in [3.8, 4) is 45.2 Å². The van der Waals surface area contributed by atoms with Crippen molar-refractivity contribution in [1.29, 1.82) is 0 Å². The summed E-state index contributed by atoms with van der Waals surface area (Å²) in [4.78, 5) is 15.4. The maximum Gasteiger partial charge on any atom is 0.160 e. The molecule has 9 aromatic rings. The van der Waals surface area contributed by atoms with E-state index in [1.807, 2.05) is 47.7 Å². The molecule has 6 aromatic carbocycles. The molecule has 0 aliphatic heterocycles. The summed E-state index contributed by atoms with van der Waals surface area (Å²) >= 11 is 1.84. The molecule has 0 bridgehead atoms. The Balaban J connectivity index is 1.27. The van der Waals surface area contributed by atoms with Gasteiger partial charge in [-0.05, 0) is 41.8 Å². The van der Waals surface area contributed by atoms with Crippen LogP contribution in [0.2, 0.25) is 0 Å². The van der Waals surface area contributed by atoms with E-state index in [1.165, 1.54) is 25.6 Å². The third-order valence-electron chi connectivity index (χ3n) is 8.46. The lowest BCUT2D eigenvalue weighted by atomic mass is 9.97. The van der Waals surface area contributed by atoms with Crippen LogP contribution in [0.25, 0.3) is 87.0 Å². The van der Waals surface area contributed by atoms with Crippen molar-refractivity contribution >= 4 is 53.2 Å². The molecule has 0 saturated heterocycles. The van der Waals surface area contributed by atoms with E-state index in [9.17, 15) is 0 Å². The van der Waals surface area contributed by atoms with Crippen LogP contribution in [0.5, 0.6) is 0 Å². The van der Waals surface area contributed by atoms with Crippen LogP contribution in [0.1, 0.15) is 0 Å². The van der Waals surface area contributed by atoms with Gasteiger partial charge in [0.05, 0.1) is 22.6 Å². The van der Waals surface area contributed by atoms with E-state index in [2.05, 4.69) is 115 Å². The van der Waals surface area contributed by atoms with E-state index in [4.69, 9.17) is 15.0 Å². The smallest absolute Gasteiger partial charge is 0.160 e. The van der Waals surface area contributed by atoms with Gasteiger partial charge in [0.25, 0.3) is 0 Å². The third-order valence-corrected chi connectivity index (χ3v) is 9.59. The molecule has 0 aliphatic carbocycles. The van der Waals surface area contributed by atoms with Crippen molar-refractivity contribution in [1.82, 2.24) is 15.0 Å². The first-order valence-corrected chi connectivity index (χ1v) is 15.8. The van der Waals surface area contributed by atoms with E-state index >= 15 is 0 Å². The second kappa shape index (κ2) is 10.5. The average molecular weight is 592 g/mol. The molecule has 0 N–H and O–H groups in total. The van der Waals surface area contributed by atoms with Crippen LogP contribution in [0.3, 0.4) is 0 Å². The summed E-state index contributed by atoms with van der Waals surface area (Å²) in [6, 6.07) is 53.0. The Morgan fingerprint density at radius 1 is 0.356 bits per heavy atom. The summed E-state index contributed by atoms with van der Waals surface area (Å²) in [6.07, 6.45) is 0. The average Bonchev–Trinajstić information content (AvgIpc) is 3.48. The number of hydrogen-bond donors (Lipinski definition) is 0. The van der Waals surface area contributed by atoms with Crippen LogP contribution in [0.15, 0.2) is 152 Å². The van der Waals surface area contributed by atoms with Crippen molar-refractivity contribution in [3.63, 3.8) is 0 Å². The van der Waals surface area contributed by atoms with E-state index in [0.29, 0.717) is 5.82 Å². The summed E-state index contributed by atoms with van der Waals surface area (Å²) in [5.74, 6) is 0.689. The predicted molar refractivity (Wildman–Crippen MR) is 189 cm³/mol. The summed E-state index contributed by atoms with van der Waals surface area (Å²) in [5, 5.41) is 6.11. The van der Waals surface area contributed by atoms with Gasteiger partial charge in [-0.3, -0.25) is 0 Å². The highest BCUT2D eigenvalue weighted by molar-refractivity contribution is 7.25. The van der Waals surface area contributed by atoms with Crippen LogP contribution in [-0.2, 0) is 0 Å². The molecule has 0 amide bonds. The Morgan fingerprint density at radius 2 is 0.978 bits per heavy atom. The number of pyridine rings is 1. The first-order valence-electron chi connectivity index (χ1n) is 15.0. The number of aromatic nitrogens is 3. The normalized spacial score (nSPS) is 11.6. The quantitative estimate of drug-likeness (QED) is 0.191. The van der Waals surface area contributed by atoms with Crippen LogP contribution >= 0.6 is 11.3 Å². The molecule has 0 aliphatic rings. The Bertz CT molecular complexity index is 2480. The summed E-state index contributed by atoms with van der Waals surface area (Å²) in [7, 11) is 0. The SMILES string of the molecule is c1ccc(-c2cc(-c3ccccc3)nc(-c3cccc(-c4nc5ccccc5c5cc6c(cc45)sc4ccccc46)c3)n2)cc1. The Labute approximate surface area is 264 Å². The second-order valence-electron chi connectivity index (χ2n) is 11.2. The molecule has 4 heteroatoms. The molecule has 0 unspecified atom stereocenters. The molecular weight excluding hydrogens is 567 g/mol.